The van der Waals surface area contributed by atoms with Crippen molar-refractivity contribution in [2.24, 2.45) is 0 Å². The zero-order valence-electron chi connectivity index (χ0n) is 16.9. The molecule has 0 aliphatic carbocycles. The largest absolute Gasteiger partial charge is 0.494 e. The normalized spacial score (nSPS) is 15.4. The summed E-state index contributed by atoms with van der Waals surface area (Å²) < 4.78 is 11.1. The fourth-order valence-corrected chi connectivity index (χ4v) is 3.36. The predicted octanol–water partition coefficient (Wildman–Crippen LogP) is 3.87. The predicted molar refractivity (Wildman–Crippen MR) is 116 cm³/mol. The fourth-order valence-electron chi connectivity index (χ4n) is 2.95. The third-order valence-electron chi connectivity index (χ3n) is 4.31. The molecule has 0 unspecified atom stereocenters. The van der Waals surface area contributed by atoms with E-state index in [1.165, 1.54) is 6.08 Å². The SMILES string of the molecule is CCOc1ccc(OCC)c(N2C(=O)NC(=O)/C(=C\c3ccc(SC)cc3)C2=O)c1. The second kappa shape index (κ2) is 9.49. The summed E-state index contributed by atoms with van der Waals surface area (Å²) in [5, 5.41) is 2.23. The zero-order chi connectivity index (χ0) is 21.7. The van der Waals surface area contributed by atoms with Crippen LogP contribution < -0.4 is 19.7 Å². The number of urea groups is 1. The first-order valence-electron chi connectivity index (χ1n) is 9.43. The molecule has 0 radical (unpaired) electrons. The molecule has 1 heterocycles. The smallest absolute Gasteiger partial charge is 0.336 e. The first-order chi connectivity index (χ1) is 14.5. The van der Waals surface area contributed by atoms with Gasteiger partial charge in [0.15, 0.2) is 0 Å². The molecule has 1 aliphatic heterocycles. The van der Waals surface area contributed by atoms with E-state index >= 15 is 0 Å². The molecule has 0 saturated carbocycles. The van der Waals surface area contributed by atoms with Crippen LogP contribution in [-0.4, -0.2) is 37.3 Å². The molecular weight excluding hydrogens is 404 g/mol. The van der Waals surface area contributed by atoms with Gasteiger partial charge in [0, 0.05) is 11.0 Å². The van der Waals surface area contributed by atoms with Gasteiger partial charge < -0.3 is 9.47 Å². The molecule has 30 heavy (non-hydrogen) atoms. The highest BCUT2D eigenvalue weighted by Crippen LogP contribution is 2.35. The topological polar surface area (TPSA) is 84.9 Å². The first kappa shape index (κ1) is 21.4. The van der Waals surface area contributed by atoms with Crippen molar-refractivity contribution in [1.29, 1.82) is 0 Å². The molecule has 156 valence electrons. The second-order valence-electron chi connectivity index (χ2n) is 6.23. The number of barbiturate groups is 1. The van der Waals surface area contributed by atoms with Crippen LogP contribution in [0.3, 0.4) is 0 Å². The number of imide groups is 2. The molecule has 0 atom stereocenters. The maximum absolute atomic E-state index is 13.2. The number of nitrogens with one attached hydrogen (secondary N) is 1. The minimum absolute atomic E-state index is 0.143. The molecule has 0 bridgehead atoms. The number of anilines is 1. The summed E-state index contributed by atoms with van der Waals surface area (Å²) in [6.45, 7) is 4.39. The standard InChI is InChI=1S/C22H22N2O5S/c1-4-28-15-8-11-19(29-5-2)18(13-15)24-21(26)17(20(25)23-22(24)27)12-14-6-9-16(30-3)10-7-14/h6-13H,4-5H2,1-3H3,(H,23,25,27)/b17-12+. The van der Waals surface area contributed by atoms with Gasteiger partial charge >= 0.3 is 6.03 Å². The van der Waals surface area contributed by atoms with Crippen molar-refractivity contribution in [2.75, 3.05) is 24.4 Å². The lowest BCUT2D eigenvalue weighted by Gasteiger charge is -2.28. The highest BCUT2D eigenvalue weighted by Gasteiger charge is 2.38. The van der Waals surface area contributed by atoms with Crippen LogP contribution >= 0.6 is 11.8 Å². The molecular formula is C22H22N2O5S. The van der Waals surface area contributed by atoms with Crippen molar-refractivity contribution in [2.45, 2.75) is 18.7 Å². The Morgan fingerprint density at radius 3 is 2.33 bits per heavy atom. The minimum atomic E-state index is -0.838. The summed E-state index contributed by atoms with van der Waals surface area (Å²) in [5.74, 6) is -0.657. The van der Waals surface area contributed by atoms with Crippen LogP contribution in [0.5, 0.6) is 11.5 Å². The Morgan fingerprint density at radius 1 is 1.00 bits per heavy atom. The average Bonchev–Trinajstić information content (AvgIpc) is 2.73. The molecule has 3 rings (SSSR count). The lowest BCUT2D eigenvalue weighted by Crippen LogP contribution is -2.54. The van der Waals surface area contributed by atoms with Gasteiger partial charge in [-0.1, -0.05) is 12.1 Å². The van der Waals surface area contributed by atoms with Gasteiger partial charge in [0.05, 0.1) is 18.9 Å². The van der Waals surface area contributed by atoms with E-state index in [1.807, 2.05) is 37.4 Å². The van der Waals surface area contributed by atoms with Crippen molar-refractivity contribution < 1.29 is 23.9 Å². The van der Waals surface area contributed by atoms with Crippen molar-refractivity contribution in [3.05, 3.63) is 53.6 Å². The summed E-state index contributed by atoms with van der Waals surface area (Å²) >= 11 is 1.59. The molecule has 0 aromatic heterocycles. The first-order valence-corrected chi connectivity index (χ1v) is 10.7. The third-order valence-corrected chi connectivity index (χ3v) is 5.05. The molecule has 1 aliphatic rings. The number of carbonyl (C=O) groups excluding carboxylic acids is 3. The molecule has 4 amide bonds. The summed E-state index contributed by atoms with van der Waals surface area (Å²) in [4.78, 5) is 40.1. The molecule has 1 N–H and O–H groups in total. The van der Waals surface area contributed by atoms with E-state index in [0.29, 0.717) is 30.3 Å². The van der Waals surface area contributed by atoms with E-state index in [4.69, 9.17) is 9.47 Å². The Hall–Kier alpha value is -3.26. The van der Waals surface area contributed by atoms with E-state index in [-0.39, 0.29) is 11.3 Å². The van der Waals surface area contributed by atoms with E-state index in [9.17, 15) is 14.4 Å². The quantitative estimate of drug-likeness (QED) is 0.411. The average molecular weight is 426 g/mol. The Balaban J connectivity index is 2.03. The zero-order valence-corrected chi connectivity index (χ0v) is 17.7. The number of thioether (sulfide) groups is 1. The van der Waals surface area contributed by atoms with Gasteiger partial charge in [0.1, 0.15) is 17.1 Å². The number of hydrogen-bond acceptors (Lipinski definition) is 6. The van der Waals surface area contributed by atoms with Gasteiger partial charge in [0.25, 0.3) is 11.8 Å². The van der Waals surface area contributed by atoms with Gasteiger partial charge in [-0.05, 0) is 56.0 Å². The Labute approximate surface area is 179 Å². The number of hydrogen-bond donors (Lipinski definition) is 1. The van der Waals surface area contributed by atoms with E-state index < -0.39 is 17.8 Å². The maximum atomic E-state index is 13.2. The van der Waals surface area contributed by atoms with Crippen LogP contribution in [0.1, 0.15) is 19.4 Å². The molecule has 7 nitrogen and oxygen atoms in total. The lowest BCUT2D eigenvalue weighted by molar-refractivity contribution is -0.122. The summed E-state index contributed by atoms with van der Waals surface area (Å²) in [6, 6.07) is 11.4. The molecule has 0 spiro atoms. The van der Waals surface area contributed by atoms with Crippen LogP contribution in [0, 0.1) is 0 Å². The van der Waals surface area contributed by atoms with E-state index in [0.717, 1.165) is 9.80 Å². The van der Waals surface area contributed by atoms with Crippen molar-refractivity contribution >= 4 is 41.4 Å². The van der Waals surface area contributed by atoms with Crippen molar-refractivity contribution in [3.8, 4) is 11.5 Å². The third kappa shape index (κ3) is 4.49. The van der Waals surface area contributed by atoms with Crippen LogP contribution in [0.15, 0.2) is 52.9 Å². The van der Waals surface area contributed by atoms with Crippen LogP contribution in [0.25, 0.3) is 6.08 Å². The highest BCUT2D eigenvalue weighted by atomic mass is 32.2. The number of benzene rings is 2. The molecule has 1 fully saturated rings. The minimum Gasteiger partial charge on any atom is -0.494 e. The van der Waals surface area contributed by atoms with Gasteiger partial charge in [0.2, 0.25) is 0 Å². The molecule has 2 aromatic carbocycles. The van der Waals surface area contributed by atoms with E-state index in [2.05, 4.69) is 5.32 Å². The van der Waals surface area contributed by atoms with Crippen LogP contribution in [0.2, 0.25) is 0 Å². The van der Waals surface area contributed by atoms with Gasteiger partial charge in [-0.2, -0.15) is 0 Å². The number of carbonyl (C=O) groups is 3. The maximum Gasteiger partial charge on any atom is 0.336 e. The molecule has 2 aromatic rings. The van der Waals surface area contributed by atoms with Gasteiger partial charge in [-0.25, -0.2) is 9.69 Å². The van der Waals surface area contributed by atoms with Crippen molar-refractivity contribution in [3.63, 3.8) is 0 Å². The monoisotopic (exact) mass is 426 g/mol. The summed E-state index contributed by atoms with van der Waals surface area (Å²) in [7, 11) is 0. The van der Waals surface area contributed by atoms with Crippen molar-refractivity contribution in [1.82, 2.24) is 5.32 Å². The Kier molecular flexibility index (Phi) is 6.79. The van der Waals surface area contributed by atoms with Gasteiger partial charge in [-0.3, -0.25) is 14.9 Å². The number of rotatable bonds is 7. The number of amides is 4. The summed E-state index contributed by atoms with van der Waals surface area (Å²) in [6.07, 6.45) is 3.43. The van der Waals surface area contributed by atoms with Crippen LogP contribution in [0.4, 0.5) is 10.5 Å². The number of nitrogens with zero attached hydrogens (tertiary/aromatic N) is 1. The van der Waals surface area contributed by atoms with Crippen LogP contribution in [-0.2, 0) is 9.59 Å². The molecule has 8 heteroatoms. The number of ether oxygens (including phenoxy) is 2. The Bertz CT molecular complexity index is 1000. The second-order valence-corrected chi connectivity index (χ2v) is 7.11. The fraction of sp³-hybridized carbons (Fsp3) is 0.227. The highest BCUT2D eigenvalue weighted by molar-refractivity contribution is 7.98. The Morgan fingerprint density at radius 2 is 1.70 bits per heavy atom. The van der Waals surface area contributed by atoms with Gasteiger partial charge in [-0.15, -0.1) is 11.8 Å². The molecule has 1 saturated heterocycles. The summed E-state index contributed by atoms with van der Waals surface area (Å²) in [5.41, 5.74) is 0.742. The van der Waals surface area contributed by atoms with E-state index in [1.54, 1.807) is 36.9 Å². The lowest BCUT2D eigenvalue weighted by atomic mass is 10.1.